The normalized spacial score (nSPS) is 27.5. The van der Waals surface area contributed by atoms with Gasteiger partial charge in [0.15, 0.2) is 0 Å². The molecule has 3 unspecified atom stereocenters. The molecule has 0 N–H and O–H groups in total. The van der Waals surface area contributed by atoms with Gasteiger partial charge in [-0.2, -0.15) is 5.26 Å². The molecule has 0 heterocycles. The van der Waals surface area contributed by atoms with E-state index in [2.05, 4.69) is 28.9 Å². The molecule has 0 bridgehead atoms. The second kappa shape index (κ2) is 6.24. The molecule has 1 aromatic carbocycles. The van der Waals surface area contributed by atoms with Crippen molar-refractivity contribution < 1.29 is 4.74 Å². The van der Waals surface area contributed by atoms with E-state index in [-0.39, 0.29) is 12.0 Å². The third kappa shape index (κ3) is 3.05. The lowest BCUT2D eigenvalue weighted by molar-refractivity contribution is 0.0886. The molecule has 0 spiro atoms. The zero-order chi connectivity index (χ0) is 13.0. The Morgan fingerprint density at radius 1 is 1.39 bits per heavy atom. The van der Waals surface area contributed by atoms with Gasteiger partial charge in [-0.05, 0) is 53.2 Å². The molecule has 1 fully saturated rings. The molecule has 96 valence electrons. The van der Waals surface area contributed by atoms with Gasteiger partial charge in [-0.25, -0.2) is 0 Å². The van der Waals surface area contributed by atoms with E-state index in [4.69, 9.17) is 4.74 Å². The van der Waals surface area contributed by atoms with Gasteiger partial charge in [0.05, 0.1) is 16.5 Å². The highest BCUT2D eigenvalue weighted by Crippen LogP contribution is 2.35. The van der Waals surface area contributed by atoms with Crippen molar-refractivity contribution in [3.05, 3.63) is 28.7 Å². The van der Waals surface area contributed by atoms with Crippen molar-refractivity contribution in [2.75, 3.05) is 0 Å². The number of rotatable bonds is 3. The van der Waals surface area contributed by atoms with Gasteiger partial charge in [-0.15, -0.1) is 0 Å². The van der Waals surface area contributed by atoms with Crippen molar-refractivity contribution >= 4 is 15.9 Å². The predicted molar refractivity (Wildman–Crippen MR) is 75.3 cm³/mol. The first-order valence-electron chi connectivity index (χ1n) is 6.55. The first kappa shape index (κ1) is 13.4. The molecule has 0 aromatic heterocycles. The summed E-state index contributed by atoms with van der Waals surface area (Å²) in [7, 11) is 0. The number of nitrogens with zero attached hydrogens (tertiary/aromatic N) is 1. The highest BCUT2D eigenvalue weighted by atomic mass is 79.9. The molecule has 3 atom stereocenters. The molecular weight excluding hydrogens is 290 g/mol. The minimum atomic E-state index is 0.0277. The van der Waals surface area contributed by atoms with Crippen molar-refractivity contribution in [2.24, 2.45) is 11.8 Å². The molecule has 1 saturated carbocycles. The van der Waals surface area contributed by atoms with Gasteiger partial charge in [-0.3, -0.25) is 0 Å². The minimum Gasteiger partial charge on any atom is -0.488 e. The predicted octanol–water partition coefficient (Wildman–Crippen LogP) is 4.55. The van der Waals surface area contributed by atoms with Gasteiger partial charge in [-0.1, -0.05) is 25.5 Å². The third-order valence-electron chi connectivity index (χ3n) is 3.76. The number of para-hydroxylation sites is 1. The van der Waals surface area contributed by atoms with Gasteiger partial charge in [0.25, 0.3) is 0 Å². The Bertz CT molecular complexity index is 440. The van der Waals surface area contributed by atoms with E-state index in [0.29, 0.717) is 5.92 Å². The smallest absolute Gasteiger partial charge is 0.133 e. The summed E-state index contributed by atoms with van der Waals surface area (Å²) in [5, 5.41) is 9.23. The van der Waals surface area contributed by atoms with Crippen molar-refractivity contribution in [1.29, 1.82) is 5.26 Å². The fraction of sp³-hybridized carbons (Fsp3) is 0.533. The first-order chi connectivity index (χ1) is 8.74. The Balaban J connectivity index is 2.10. The van der Waals surface area contributed by atoms with Gasteiger partial charge in [0, 0.05) is 0 Å². The van der Waals surface area contributed by atoms with E-state index in [1.54, 1.807) is 0 Å². The van der Waals surface area contributed by atoms with Gasteiger partial charge < -0.3 is 4.74 Å². The second-order valence-corrected chi connectivity index (χ2v) is 5.76. The van der Waals surface area contributed by atoms with E-state index in [1.165, 1.54) is 6.42 Å². The standard InChI is InChI=1S/C15H18BrNO/c1-2-11-7-8-12(10-17)15(9-11)18-14-6-4-3-5-13(14)16/h3-6,11-12,15H,2,7-9H2,1H3. The molecule has 0 aliphatic heterocycles. The van der Waals surface area contributed by atoms with Crippen LogP contribution in [0.4, 0.5) is 0 Å². The van der Waals surface area contributed by atoms with Gasteiger partial charge in [0.1, 0.15) is 11.9 Å². The molecule has 18 heavy (non-hydrogen) atoms. The summed E-state index contributed by atoms with van der Waals surface area (Å²) in [4.78, 5) is 0. The number of ether oxygens (including phenoxy) is 1. The van der Waals surface area contributed by atoms with Crippen LogP contribution in [0, 0.1) is 23.2 Å². The largest absolute Gasteiger partial charge is 0.488 e. The summed E-state index contributed by atoms with van der Waals surface area (Å²) < 4.78 is 7.01. The Morgan fingerprint density at radius 2 is 2.17 bits per heavy atom. The van der Waals surface area contributed by atoms with Gasteiger partial charge in [0.2, 0.25) is 0 Å². The first-order valence-corrected chi connectivity index (χ1v) is 7.34. The highest BCUT2D eigenvalue weighted by Gasteiger charge is 2.31. The van der Waals surface area contributed by atoms with E-state index in [9.17, 15) is 5.26 Å². The van der Waals surface area contributed by atoms with Crippen LogP contribution in [-0.4, -0.2) is 6.10 Å². The SMILES string of the molecule is CCC1CCC(C#N)C(Oc2ccccc2Br)C1. The molecule has 1 aliphatic carbocycles. The molecule has 1 aromatic rings. The lowest BCUT2D eigenvalue weighted by Gasteiger charge is -2.32. The van der Waals surface area contributed by atoms with Crippen molar-refractivity contribution in [3.63, 3.8) is 0 Å². The van der Waals surface area contributed by atoms with Crippen LogP contribution in [0.1, 0.15) is 32.6 Å². The molecule has 0 saturated heterocycles. The molecule has 2 nitrogen and oxygen atoms in total. The van der Waals surface area contributed by atoms with Crippen LogP contribution < -0.4 is 4.74 Å². The molecule has 0 radical (unpaired) electrons. The van der Waals surface area contributed by atoms with Crippen LogP contribution in [0.25, 0.3) is 0 Å². The molecule has 2 rings (SSSR count). The van der Waals surface area contributed by atoms with Crippen LogP contribution in [-0.2, 0) is 0 Å². The zero-order valence-electron chi connectivity index (χ0n) is 10.6. The van der Waals surface area contributed by atoms with E-state index >= 15 is 0 Å². The van der Waals surface area contributed by atoms with Crippen molar-refractivity contribution in [2.45, 2.75) is 38.7 Å². The number of nitriles is 1. The Kier molecular flexibility index (Phi) is 4.66. The second-order valence-electron chi connectivity index (χ2n) is 4.91. The molecule has 0 amide bonds. The fourth-order valence-electron chi connectivity index (χ4n) is 2.56. The number of halogens is 1. The summed E-state index contributed by atoms with van der Waals surface area (Å²) in [5.41, 5.74) is 0. The maximum Gasteiger partial charge on any atom is 0.133 e. The monoisotopic (exact) mass is 307 g/mol. The summed E-state index contributed by atoms with van der Waals surface area (Å²) >= 11 is 3.49. The third-order valence-corrected chi connectivity index (χ3v) is 4.41. The quantitative estimate of drug-likeness (QED) is 0.821. The average molecular weight is 308 g/mol. The van der Waals surface area contributed by atoms with Gasteiger partial charge >= 0.3 is 0 Å². The van der Waals surface area contributed by atoms with E-state index < -0.39 is 0 Å². The lowest BCUT2D eigenvalue weighted by atomic mass is 9.79. The topological polar surface area (TPSA) is 33.0 Å². The van der Waals surface area contributed by atoms with Crippen LogP contribution in [0.3, 0.4) is 0 Å². The molecule has 1 aliphatic rings. The van der Waals surface area contributed by atoms with Crippen LogP contribution in [0.5, 0.6) is 5.75 Å². The summed E-state index contributed by atoms with van der Waals surface area (Å²) in [6.07, 6.45) is 4.33. The van der Waals surface area contributed by atoms with E-state index in [0.717, 1.165) is 29.5 Å². The summed E-state index contributed by atoms with van der Waals surface area (Å²) in [6.45, 7) is 2.22. The summed E-state index contributed by atoms with van der Waals surface area (Å²) in [5.74, 6) is 1.57. The minimum absolute atomic E-state index is 0.0277. The van der Waals surface area contributed by atoms with Crippen molar-refractivity contribution in [3.8, 4) is 11.8 Å². The lowest BCUT2D eigenvalue weighted by Crippen LogP contribution is -2.33. The maximum atomic E-state index is 9.23. The van der Waals surface area contributed by atoms with Crippen LogP contribution >= 0.6 is 15.9 Å². The van der Waals surface area contributed by atoms with E-state index in [1.807, 2.05) is 24.3 Å². The fourth-order valence-corrected chi connectivity index (χ4v) is 2.94. The van der Waals surface area contributed by atoms with Crippen LogP contribution in [0.2, 0.25) is 0 Å². The number of hydrogen-bond acceptors (Lipinski definition) is 2. The van der Waals surface area contributed by atoms with Crippen LogP contribution in [0.15, 0.2) is 28.7 Å². The highest BCUT2D eigenvalue weighted by molar-refractivity contribution is 9.10. The molecular formula is C15H18BrNO. The van der Waals surface area contributed by atoms with Crippen molar-refractivity contribution in [1.82, 2.24) is 0 Å². The molecule has 3 heteroatoms. The Morgan fingerprint density at radius 3 is 2.83 bits per heavy atom. The maximum absolute atomic E-state index is 9.23. The Hall–Kier alpha value is -1.01. The Labute approximate surface area is 117 Å². The summed E-state index contributed by atoms with van der Waals surface area (Å²) in [6, 6.07) is 10.2. The number of hydrogen-bond donors (Lipinski definition) is 0. The average Bonchev–Trinajstić information content (AvgIpc) is 2.41. The number of benzene rings is 1. The zero-order valence-corrected chi connectivity index (χ0v) is 12.2.